The summed E-state index contributed by atoms with van der Waals surface area (Å²) >= 11 is 1.60. The Morgan fingerprint density at radius 2 is 1.97 bits per heavy atom. The van der Waals surface area contributed by atoms with Crippen LogP contribution in [-0.4, -0.2) is 30.9 Å². The third-order valence-corrected chi connectivity index (χ3v) is 7.71. The van der Waals surface area contributed by atoms with E-state index in [2.05, 4.69) is 68.4 Å². The second kappa shape index (κ2) is 8.27. The van der Waals surface area contributed by atoms with Crippen LogP contribution in [-0.2, 0) is 17.4 Å². The number of hydrogen-bond donors (Lipinski definition) is 2. The molecule has 4 aromatic rings. The number of hydrogen-bond acceptors (Lipinski definition) is 7. The van der Waals surface area contributed by atoms with E-state index in [1.807, 2.05) is 23.9 Å². The predicted molar refractivity (Wildman–Crippen MR) is 142 cm³/mol. The van der Waals surface area contributed by atoms with Crippen LogP contribution in [0.15, 0.2) is 34.6 Å². The van der Waals surface area contributed by atoms with Crippen molar-refractivity contribution < 1.29 is 0 Å². The van der Waals surface area contributed by atoms with Crippen molar-refractivity contribution in [3.05, 3.63) is 56.3 Å². The molecule has 0 saturated carbocycles. The maximum atomic E-state index is 13.3. The molecule has 0 spiro atoms. The summed E-state index contributed by atoms with van der Waals surface area (Å²) in [5.41, 5.74) is 3.88. The summed E-state index contributed by atoms with van der Waals surface area (Å²) in [6.07, 6.45) is 2.59. The molecule has 0 radical (unpaired) electrons. The van der Waals surface area contributed by atoms with Crippen molar-refractivity contribution in [1.29, 1.82) is 0 Å². The third-order valence-electron chi connectivity index (χ3n) is 6.46. The van der Waals surface area contributed by atoms with Gasteiger partial charge >= 0.3 is 0 Å². The second-order valence-corrected chi connectivity index (χ2v) is 11.9. The molecular formula is C26H33N7OS. The second-order valence-electron chi connectivity index (χ2n) is 11.0. The van der Waals surface area contributed by atoms with Crippen molar-refractivity contribution in [2.75, 3.05) is 11.9 Å². The molecule has 0 unspecified atom stereocenters. The van der Waals surface area contributed by atoms with Crippen molar-refractivity contribution in [2.45, 2.75) is 71.9 Å². The van der Waals surface area contributed by atoms with E-state index in [1.54, 1.807) is 22.2 Å². The Hall–Kier alpha value is -3.04. The van der Waals surface area contributed by atoms with Crippen LogP contribution in [0.2, 0.25) is 0 Å². The molecule has 0 fully saturated rings. The first kappa shape index (κ1) is 23.7. The molecule has 0 saturated heterocycles. The number of benzene rings is 1. The molecule has 0 bridgehead atoms. The summed E-state index contributed by atoms with van der Waals surface area (Å²) in [4.78, 5) is 27.4. The molecule has 2 N–H and O–H groups in total. The van der Waals surface area contributed by atoms with Gasteiger partial charge in [0.25, 0.3) is 5.56 Å². The average molecular weight is 492 g/mol. The molecule has 184 valence electrons. The zero-order valence-corrected chi connectivity index (χ0v) is 22.2. The standard InChI is InChI=1S/C26H33N7OS/c1-15(2)32-22(34)18-13-27-24(29-17-8-9-19-16(12-17)10-11-28-26(19,6)7)31-21(18)33(32)20-14-35-23(30-20)25(3,4)5/h8-9,12-15,28H,10-11H2,1-7H3,(H,27,29,31). The van der Waals surface area contributed by atoms with Gasteiger partial charge in [-0.2, -0.15) is 4.98 Å². The van der Waals surface area contributed by atoms with Gasteiger partial charge in [0.05, 0.1) is 0 Å². The Labute approximate surface area is 209 Å². The lowest BCUT2D eigenvalue weighted by molar-refractivity contribution is 0.382. The van der Waals surface area contributed by atoms with Gasteiger partial charge in [0.1, 0.15) is 10.4 Å². The van der Waals surface area contributed by atoms with E-state index < -0.39 is 0 Å². The van der Waals surface area contributed by atoms with Crippen LogP contribution in [0.1, 0.15) is 70.6 Å². The van der Waals surface area contributed by atoms with E-state index in [4.69, 9.17) is 9.97 Å². The fourth-order valence-corrected chi connectivity index (χ4v) is 5.54. The molecule has 0 amide bonds. The topological polar surface area (TPSA) is 89.7 Å². The van der Waals surface area contributed by atoms with Crippen LogP contribution in [0.25, 0.3) is 16.9 Å². The van der Waals surface area contributed by atoms with E-state index >= 15 is 0 Å². The molecule has 1 aliphatic rings. The van der Waals surface area contributed by atoms with Crippen LogP contribution in [0.3, 0.4) is 0 Å². The van der Waals surface area contributed by atoms with Gasteiger partial charge in [-0.25, -0.2) is 19.3 Å². The Morgan fingerprint density at radius 1 is 1.20 bits per heavy atom. The van der Waals surface area contributed by atoms with Gasteiger partial charge in [0.2, 0.25) is 5.95 Å². The minimum absolute atomic E-state index is 0.0448. The number of fused-ring (bicyclic) bond motifs is 2. The van der Waals surface area contributed by atoms with Gasteiger partial charge in [-0.05, 0) is 63.9 Å². The fourth-order valence-electron chi connectivity index (χ4n) is 4.68. The Morgan fingerprint density at radius 3 is 2.66 bits per heavy atom. The molecule has 0 atom stereocenters. The summed E-state index contributed by atoms with van der Waals surface area (Å²) in [6.45, 7) is 15.8. The molecule has 8 nitrogen and oxygen atoms in total. The van der Waals surface area contributed by atoms with Crippen molar-refractivity contribution in [2.24, 2.45) is 0 Å². The molecule has 4 heterocycles. The van der Waals surface area contributed by atoms with Gasteiger partial charge < -0.3 is 10.6 Å². The Kier molecular flexibility index (Phi) is 5.60. The minimum Gasteiger partial charge on any atom is -0.324 e. The molecular weight excluding hydrogens is 458 g/mol. The van der Waals surface area contributed by atoms with Gasteiger partial charge in [-0.3, -0.25) is 4.79 Å². The number of thiazole rings is 1. The fraction of sp³-hybridized carbons (Fsp3) is 0.462. The minimum atomic E-state index is -0.115. The Balaban J connectivity index is 1.59. The maximum absolute atomic E-state index is 13.3. The van der Waals surface area contributed by atoms with Crippen LogP contribution >= 0.6 is 11.3 Å². The number of nitrogens with zero attached hydrogens (tertiary/aromatic N) is 5. The van der Waals surface area contributed by atoms with Crippen LogP contribution in [0.4, 0.5) is 11.6 Å². The molecule has 35 heavy (non-hydrogen) atoms. The highest BCUT2D eigenvalue weighted by Gasteiger charge is 2.27. The number of rotatable bonds is 4. The lowest BCUT2D eigenvalue weighted by atomic mass is 9.85. The van der Waals surface area contributed by atoms with Crippen molar-refractivity contribution in [3.8, 4) is 5.82 Å². The molecule has 1 aliphatic heterocycles. The van der Waals surface area contributed by atoms with Gasteiger partial charge in [0, 0.05) is 34.3 Å². The van der Waals surface area contributed by atoms with Crippen molar-refractivity contribution in [3.63, 3.8) is 0 Å². The van der Waals surface area contributed by atoms with E-state index in [0.717, 1.165) is 23.7 Å². The van der Waals surface area contributed by atoms with E-state index in [9.17, 15) is 4.79 Å². The lowest BCUT2D eigenvalue weighted by Crippen LogP contribution is -2.42. The highest BCUT2D eigenvalue weighted by atomic mass is 32.1. The van der Waals surface area contributed by atoms with Crippen LogP contribution in [0.5, 0.6) is 0 Å². The van der Waals surface area contributed by atoms with Gasteiger partial charge in [-0.1, -0.05) is 26.8 Å². The highest BCUT2D eigenvalue weighted by molar-refractivity contribution is 7.10. The largest absolute Gasteiger partial charge is 0.324 e. The Bertz CT molecular complexity index is 1470. The normalized spacial score (nSPS) is 15.5. The monoisotopic (exact) mass is 491 g/mol. The zero-order chi connectivity index (χ0) is 25.1. The SMILES string of the molecule is CC(C)n1c(=O)c2cnc(Nc3ccc4c(c3)CCNC4(C)C)nc2n1-c1csc(C(C)(C)C)n1. The van der Waals surface area contributed by atoms with Gasteiger partial charge in [-0.15, -0.1) is 11.3 Å². The third kappa shape index (κ3) is 4.16. The van der Waals surface area contributed by atoms with E-state index in [0.29, 0.717) is 22.8 Å². The first-order chi connectivity index (χ1) is 16.5. The highest BCUT2D eigenvalue weighted by Crippen LogP contribution is 2.31. The van der Waals surface area contributed by atoms with Crippen LogP contribution in [0, 0.1) is 0 Å². The summed E-state index contributed by atoms with van der Waals surface area (Å²) < 4.78 is 3.54. The maximum Gasteiger partial charge on any atom is 0.278 e. The molecule has 0 aliphatic carbocycles. The molecule has 1 aromatic carbocycles. The van der Waals surface area contributed by atoms with Crippen molar-refractivity contribution in [1.82, 2.24) is 29.6 Å². The van der Waals surface area contributed by atoms with Crippen molar-refractivity contribution >= 4 is 34.0 Å². The first-order valence-corrected chi connectivity index (χ1v) is 13.0. The van der Waals surface area contributed by atoms with Gasteiger partial charge in [0.15, 0.2) is 11.5 Å². The number of nitrogens with one attached hydrogen (secondary N) is 2. The van der Waals surface area contributed by atoms with E-state index in [1.165, 1.54) is 11.1 Å². The molecule has 9 heteroatoms. The van der Waals surface area contributed by atoms with Crippen LogP contribution < -0.4 is 16.2 Å². The smallest absolute Gasteiger partial charge is 0.278 e. The molecule has 3 aromatic heterocycles. The average Bonchev–Trinajstić information content (AvgIpc) is 3.36. The summed E-state index contributed by atoms with van der Waals surface area (Å²) in [5, 5.41) is 10.4. The quantitative estimate of drug-likeness (QED) is 0.416. The predicted octanol–water partition coefficient (Wildman–Crippen LogP) is 5.04. The number of anilines is 2. The summed E-state index contributed by atoms with van der Waals surface area (Å²) in [5.74, 6) is 1.15. The first-order valence-electron chi connectivity index (χ1n) is 12.1. The number of aromatic nitrogens is 5. The lowest BCUT2D eigenvalue weighted by Gasteiger charge is -2.34. The summed E-state index contributed by atoms with van der Waals surface area (Å²) in [6, 6.07) is 6.33. The van der Waals surface area contributed by atoms with E-state index in [-0.39, 0.29) is 22.6 Å². The molecule has 5 rings (SSSR count). The summed E-state index contributed by atoms with van der Waals surface area (Å²) in [7, 11) is 0. The zero-order valence-electron chi connectivity index (χ0n) is 21.4.